The van der Waals surface area contributed by atoms with E-state index in [9.17, 15) is 9.90 Å². The molecule has 1 amide bonds. The van der Waals surface area contributed by atoms with Gasteiger partial charge in [-0.25, -0.2) is 0 Å². The van der Waals surface area contributed by atoms with Crippen LogP contribution in [-0.4, -0.2) is 16.1 Å². The molecule has 2 rings (SSSR count). The molecule has 0 spiro atoms. The average Bonchev–Trinajstić information content (AvgIpc) is 2.49. The van der Waals surface area contributed by atoms with Gasteiger partial charge in [0.05, 0.1) is 5.69 Å². The molecule has 114 valence electrons. The summed E-state index contributed by atoms with van der Waals surface area (Å²) >= 11 is 10.9. The minimum Gasteiger partial charge on any atom is -0.506 e. The van der Waals surface area contributed by atoms with Crippen molar-refractivity contribution in [2.75, 3.05) is 5.32 Å². The number of aromatic hydroxyl groups is 1. The van der Waals surface area contributed by atoms with E-state index in [1.165, 1.54) is 0 Å². The number of thiocarbonyl (C=S) groups is 1. The molecule has 4 nitrogen and oxygen atoms in total. The summed E-state index contributed by atoms with van der Waals surface area (Å²) in [6.45, 7) is 2.01. The second-order valence-corrected chi connectivity index (χ2v) is 5.47. The number of carbonyl (C=O) groups is 1. The van der Waals surface area contributed by atoms with Gasteiger partial charge in [-0.1, -0.05) is 30.7 Å². The summed E-state index contributed by atoms with van der Waals surface area (Å²) in [5.74, 6) is -0.303. The Balaban J connectivity index is 2.05. The first kappa shape index (κ1) is 16.3. The van der Waals surface area contributed by atoms with E-state index in [-0.39, 0.29) is 16.8 Å². The van der Waals surface area contributed by atoms with Crippen LogP contribution < -0.4 is 10.6 Å². The first-order valence-electron chi connectivity index (χ1n) is 6.69. The quantitative estimate of drug-likeness (QED) is 0.591. The van der Waals surface area contributed by atoms with Crippen molar-refractivity contribution in [3.05, 3.63) is 58.6 Å². The fourth-order valence-corrected chi connectivity index (χ4v) is 2.25. The Bertz CT molecular complexity index is 719. The molecule has 0 aliphatic heterocycles. The van der Waals surface area contributed by atoms with Crippen molar-refractivity contribution in [3.8, 4) is 5.75 Å². The number of carbonyl (C=O) groups excluding carboxylic acids is 1. The van der Waals surface area contributed by atoms with Gasteiger partial charge in [0.2, 0.25) is 0 Å². The van der Waals surface area contributed by atoms with E-state index in [0.29, 0.717) is 16.3 Å². The van der Waals surface area contributed by atoms with Crippen LogP contribution in [0, 0.1) is 0 Å². The van der Waals surface area contributed by atoms with Crippen molar-refractivity contribution >= 4 is 40.5 Å². The standard InChI is InChI=1S/C16H15ClN2O2S/c1-2-10-6-7-14(20)13(8-10)18-16(22)19-15(21)11-4-3-5-12(17)9-11/h3-9,20H,2H2,1H3,(H2,18,19,21,22). The van der Waals surface area contributed by atoms with Crippen molar-refractivity contribution in [1.82, 2.24) is 5.32 Å². The SMILES string of the molecule is CCc1ccc(O)c(NC(=S)NC(=O)c2cccc(Cl)c2)c1. The summed E-state index contributed by atoms with van der Waals surface area (Å²) in [5, 5.41) is 15.8. The first-order valence-corrected chi connectivity index (χ1v) is 7.48. The van der Waals surface area contributed by atoms with E-state index >= 15 is 0 Å². The lowest BCUT2D eigenvalue weighted by Gasteiger charge is -2.12. The second kappa shape index (κ2) is 7.24. The first-order chi connectivity index (χ1) is 10.5. The predicted octanol–water partition coefficient (Wildman–Crippen LogP) is 3.73. The molecule has 3 N–H and O–H groups in total. The lowest BCUT2D eigenvalue weighted by molar-refractivity contribution is 0.0977. The Morgan fingerprint density at radius 3 is 2.73 bits per heavy atom. The van der Waals surface area contributed by atoms with Crippen molar-refractivity contribution in [2.24, 2.45) is 0 Å². The van der Waals surface area contributed by atoms with Crippen LogP contribution in [0.4, 0.5) is 5.69 Å². The molecule has 0 saturated carbocycles. The van der Waals surface area contributed by atoms with Crippen molar-refractivity contribution in [1.29, 1.82) is 0 Å². The maximum absolute atomic E-state index is 12.0. The van der Waals surface area contributed by atoms with E-state index in [4.69, 9.17) is 23.8 Å². The molecule has 0 unspecified atom stereocenters. The summed E-state index contributed by atoms with van der Waals surface area (Å²) in [7, 11) is 0. The molecule has 0 atom stereocenters. The third kappa shape index (κ3) is 4.19. The number of halogens is 1. The minimum absolute atomic E-state index is 0.0663. The van der Waals surface area contributed by atoms with Gasteiger partial charge in [0.15, 0.2) is 5.11 Å². The van der Waals surface area contributed by atoms with Gasteiger partial charge in [-0.15, -0.1) is 0 Å². The highest BCUT2D eigenvalue weighted by molar-refractivity contribution is 7.80. The van der Waals surface area contributed by atoms with Crippen molar-refractivity contribution in [3.63, 3.8) is 0 Å². The Hall–Kier alpha value is -2.11. The largest absolute Gasteiger partial charge is 0.506 e. The Kier molecular flexibility index (Phi) is 5.35. The molecule has 22 heavy (non-hydrogen) atoms. The molecule has 0 aliphatic rings. The van der Waals surface area contributed by atoms with Crippen LogP contribution >= 0.6 is 23.8 Å². The summed E-state index contributed by atoms with van der Waals surface area (Å²) < 4.78 is 0. The normalized spacial score (nSPS) is 10.1. The number of amides is 1. The number of nitrogens with one attached hydrogen (secondary N) is 2. The highest BCUT2D eigenvalue weighted by Crippen LogP contribution is 2.24. The summed E-state index contributed by atoms with van der Waals surface area (Å²) in [4.78, 5) is 12.0. The van der Waals surface area contributed by atoms with Gasteiger partial charge in [-0.2, -0.15) is 0 Å². The van der Waals surface area contributed by atoms with Crippen LogP contribution in [0.1, 0.15) is 22.8 Å². The molecular weight excluding hydrogens is 320 g/mol. The van der Waals surface area contributed by atoms with Gasteiger partial charge in [-0.05, 0) is 54.5 Å². The smallest absolute Gasteiger partial charge is 0.257 e. The number of aryl methyl sites for hydroxylation is 1. The lowest BCUT2D eigenvalue weighted by Crippen LogP contribution is -2.34. The number of hydrogen-bond acceptors (Lipinski definition) is 3. The van der Waals surface area contributed by atoms with Crippen molar-refractivity contribution in [2.45, 2.75) is 13.3 Å². The van der Waals surface area contributed by atoms with E-state index in [1.54, 1.807) is 36.4 Å². The van der Waals surface area contributed by atoms with E-state index < -0.39 is 0 Å². The minimum atomic E-state index is -0.369. The van der Waals surface area contributed by atoms with Gasteiger partial charge in [0.25, 0.3) is 5.91 Å². The third-order valence-corrected chi connectivity index (χ3v) is 3.47. The molecule has 0 bridgehead atoms. The maximum atomic E-state index is 12.0. The van der Waals surface area contributed by atoms with Crippen LogP contribution in [0.3, 0.4) is 0 Å². The molecule has 0 fully saturated rings. The molecule has 6 heteroatoms. The fourth-order valence-electron chi connectivity index (χ4n) is 1.86. The lowest BCUT2D eigenvalue weighted by atomic mass is 10.1. The van der Waals surface area contributed by atoms with Crippen LogP contribution in [0.5, 0.6) is 5.75 Å². The topological polar surface area (TPSA) is 61.4 Å². The van der Waals surface area contributed by atoms with Crippen LogP contribution in [0.15, 0.2) is 42.5 Å². The number of benzene rings is 2. The molecule has 2 aromatic carbocycles. The Morgan fingerprint density at radius 1 is 1.27 bits per heavy atom. The molecule has 0 saturated heterocycles. The summed E-state index contributed by atoms with van der Waals surface area (Å²) in [5.41, 5.74) is 1.91. The van der Waals surface area contributed by atoms with E-state index in [2.05, 4.69) is 10.6 Å². The number of hydrogen-bond donors (Lipinski definition) is 3. The van der Waals surface area contributed by atoms with E-state index in [1.807, 2.05) is 13.0 Å². The van der Waals surface area contributed by atoms with Crippen LogP contribution in [-0.2, 0) is 6.42 Å². The highest BCUT2D eigenvalue weighted by Gasteiger charge is 2.10. The fraction of sp³-hybridized carbons (Fsp3) is 0.125. The molecule has 0 radical (unpaired) electrons. The second-order valence-electron chi connectivity index (χ2n) is 4.62. The van der Waals surface area contributed by atoms with Crippen LogP contribution in [0.2, 0.25) is 5.02 Å². The summed E-state index contributed by atoms with van der Waals surface area (Å²) in [6.07, 6.45) is 0.830. The van der Waals surface area contributed by atoms with Gasteiger partial charge >= 0.3 is 0 Å². The average molecular weight is 335 g/mol. The Morgan fingerprint density at radius 2 is 2.05 bits per heavy atom. The zero-order valence-corrected chi connectivity index (χ0v) is 13.5. The Labute approximate surface area is 139 Å². The zero-order valence-electron chi connectivity index (χ0n) is 11.9. The molecule has 2 aromatic rings. The van der Waals surface area contributed by atoms with Crippen LogP contribution in [0.25, 0.3) is 0 Å². The third-order valence-electron chi connectivity index (χ3n) is 3.03. The molecule has 0 heterocycles. The molecular formula is C16H15ClN2O2S. The molecule has 0 aromatic heterocycles. The zero-order chi connectivity index (χ0) is 16.1. The van der Waals surface area contributed by atoms with E-state index in [0.717, 1.165) is 12.0 Å². The van der Waals surface area contributed by atoms with Gasteiger partial charge < -0.3 is 10.4 Å². The van der Waals surface area contributed by atoms with Crippen molar-refractivity contribution < 1.29 is 9.90 Å². The van der Waals surface area contributed by atoms with Gasteiger partial charge in [0.1, 0.15) is 5.75 Å². The molecule has 0 aliphatic carbocycles. The monoisotopic (exact) mass is 334 g/mol. The maximum Gasteiger partial charge on any atom is 0.257 e. The highest BCUT2D eigenvalue weighted by atomic mass is 35.5. The number of phenols is 1. The van der Waals surface area contributed by atoms with Gasteiger partial charge in [0, 0.05) is 10.6 Å². The number of phenolic OH excluding ortho intramolecular Hbond substituents is 1. The number of rotatable bonds is 3. The predicted molar refractivity (Wildman–Crippen MR) is 92.6 cm³/mol. The number of anilines is 1. The van der Waals surface area contributed by atoms with Gasteiger partial charge in [-0.3, -0.25) is 10.1 Å². The summed E-state index contributed by atoms with van der Waals surface area (Å²) in [6, 6.07) is 11.8.